The summed E-state index contributed by atoms with van der Waals surface area (Å²) in [7, 11) is 0. The van der Waals surface area contributed by atoms with Crippen molar-refractivity contribution in [2.75, 3.05) is 0 Å². The Kier molecular flexibility index (Phi) is 3.59. The van der Waals surface area contributed by atoms with Gasteiger partial charge in [0.1, 0.15) is 0 Å². The molecule has 20 heavy (non-hydrogen) atoms. The normalized spacial score (nSPS) is 18.3. The quantitative estimate of drug-likeness (QED) is 0.910. The number of carbonyl (C=O) groups excluding carboxylic acids is 1. The van der Waals surface area contributed by atoms with Gasteiger partial charge in [0.25, 0.3) is 0 Å². The van der Waals surface area contributed by atoms with Crippen molar-refractivity contribution in [3.63, 3.8) is 0 Å². The van der Waals surface area contributed by atoms with Crippen molar-refractivity contribution >= 4 is 11.6 Å². The molecule has 0 saturated heterocycles. The topological polar surface area (TPSA) is 41.5 Å². The summed E-state index contributed by atoms with van der Waals surface area (Å²) in [6, 6.07) is 20.1. The number of rotatable bonds is 3. The fourth-order valence-corrected chi connectivity index (χ4v) is 2.46. The minimum atomic E-state index is -0.0508. The van der Waals surface area contributed by atoms with E-state index in [0.717, 1.165) is 17.7 Å². The van der Waals surface area contributed by atoms with Crippen molar-refractivity contribution in [3.8, 4) is 0 Å². The van der Waals surface area contributed by atoms with Crippen LogP contribution in [0.5, 0.6) is 0 Å². The van der Waals surface area contributed by atoms with E-state index in [4.69, 9.17) is 0 Å². The first-order valence-electron chi connectivity index (χ1n) is 6.78. The Morgan fingerprint density at radius 2 is 1.65 bits per heavy atom. The molecule has 100 valence electrons. The standard InChI is InChI=1S/C17H16N2O/c20-17-15(11-13-7-3-1-4-8-13)12-16(18-19-17)14-9-5-2-6-10-14/h1-10,15H,11-12H2,(H,19,20). The lowest BCUT2D eigenvalue weighted by atomic mass is 9.90. The van der Waals surface area contributed by atoms with Gasteiger partial charge in [0.15, 0.2) is 0 Å². The van der Waals surface area contributed by atoms with E-state index in [1.807, 2.05) is 48.5 Å². The van der Waals surface area contributed by atoms with Crippen LogP contribution in [0.15, 0.2) is 65.8 Å². The van der Waals surface area contributed by atoms with Crippen LogP contribution in [0.1, 0.15) is 17.5 Å². The van der Waals surface area contributed by atoms with Crippen molar-refractivity contribution in [1.82, 2.24) is 5.43 Å². The van der Waals surface area contributed by atoms with Crippen molar-refractivity contribution in [2.24, 2.45) is 11.0 Å². The first-order valence-corrected chi connectivity index (χ1v) is 6.78. The molecule has 3 nitrogen and oxygen atoms in total. The minimum Gasteiger partial charge on any atom is -0.273 e. The first-order chi connectivity index (χ1) is 9.83. The van der Waals surface area contributed by atoms with Gasteiger partial charge in [-0.2, -0.15) is 5.10 Å². The zero-order valence-corrected chi connectivity index (χ0v) is 11.1. The summed E-state index contributed by atoms with van der Waals surface area (Å²) in [6.45, 7) is 0. The predicted octanol–water partition coefficient (Wildman–Crippen LogP) is 2.77. The Bertz CT molecular complexity index is 620. The summed E-state index contributed by atoms with van der Waals surface area (Å²) in [5.74, 6) is -0.0429. The first kappa shape index (κ1) is 12.6. The third-order valence-corrected chi connectivity index (χ3v) is 3.54. The summed E-state index contributed by atoms with van der Waals surface area (Å²) < 4.78 is 0. The number of hydrazone groups is 1. The van der Waals surface area contributed by atoms with Gasteiger partial charge < -0.3 is 0 Å². The van der Waals surface area contributed by atoms with Crippen LogP contribution in [0.4, 0.5) is 0 Å². The Morgan fingerprint density at radius 3 is 2.35 bits per heavy atom. The fourth-order valence-electron chi connectivity index (χ4n) is 2.46. The molecule has 0 aliphatic carbocycles. The van der Waals surface area contributed by atoms with E-state index in [1.165, 1.54) is 5.56 Å². The maximum Gasteiger partial charge on any atom is 0.243 e. The molecule has 1 amide bonds. The summed E-state index contributed by atoms with van der Waals surface area (Å²) in [4.78, 5) is 12.0. The lowest BCUT2D eigenvalue weighted by Gasteiger charge is -2.21. The lowest BCUT2D eigenvalue weighted by Crippen LogP contribution is -2.36. The van der Waals surface area contributed by atoms with Crippen LogP contribution in [-0.4, -0.2) is 11.6 Å². The average molecular weight is 264 g/mol. The van der Waals surface area contributed by atoms with Gasteiger partial charge in [-0.1, -0.05) is 60.7 Å². The number of amides is 1. The van der Waals surface area contributed by atoms with Crippen molar-refractivity contribution < 1.29 is 4.79 Å². The van der Waals surface area contributed by atoms with E-state index < -0.39 is 0 Å². The highest BCUT2D eigenvalue weighted by molar-refractivity contribution is 6.04. The Hall–Kier alpha value is -2.42. The molecule has 1 aliphatic rings. The molecule has 1 unspecified atom stereocenters. The Balaban J connectivity index is 1.77. The SMILES string of the molecule is O=C1NN=C(c2ccccc2)CC1Cc1ccccc1. The molecule has 3 heteroatoms. The van der Waals surface area contributed by atoms with E-state index in [9.17, 15) is 4.79 Å². The molecule has 3 rings (SSSR count). The lowest BCUT2D eigenvalue weighted by molar-refractivity contribution is -0.125. The summed E-state index contributed by atoms with van der Waals surface area (Å²) >= 11 is 0. The molecule has 2 aromatic rings. The summed E-state index contributed by atoms with van der Waals surface area (Å²) in [5.41, 5.74) is 5.86. The van der Waals surface area contributed by atoms with Crippen LogP contribution in [0.3, 0.4) is 0 Å². The second kappa shape index (κ2) is 5.70. The highest BCUT2D eigenvalue weighted by Gasteiger charge is 2.25. The maximum absolute atomic E-state index is 12.0. The smallest absolute Gasteiger partial charge is 0.243 e. The molecule has 1 N–H and O–H groups in total. The van der Waals surface area contributed by atoms with E-state index in [0.29, 0.717) is 6.42 Å². The van der Waals surface area contributed by atoms with E-state index in [2.05, 4.69) is 22.7 Å². The van der Waals surface area contributed by atoms with Crippen LogP contribution in [0.2, 0.25) is 0 Å². The second-order valence-electron chi connectivity index (χ2n) is 4.99. The largest absolute Gasteiger partial charge is 0.273 e. The highest BCUT2D eigenvalue weighted by Crippen LogP contribution is 2.19. The van der Waals surface area contributed by atoms with Gasteiger partial charge in [-0.05, 0) is 17.5 Å². The van der Waals surface area contributed by atoms with Gasteiger partial charge in [-0.25, -0.2) is 5.43 Å². The minimum absolute atomic E-state index is 0.00790. The molecule has 1 atom stereocenters. The molecule has 0 fully saturated rings. The van der Waals surface area contributed by atoms with E-state index in [1.54, 1.807) is 0 Å². The molecule has 2 aromatic carbocycles. The maximum atomic E-state index is 12.0. The molecular formula is C17H16N2O. The number of nitrogens with zero attached hydrogens (tertiary/aromatic N) is 1. The van der Waals surface area contributed by atoms with Gasteiger partial charge in [0, 0.05) is 12.3 Å². The van der Waals surface area contributed by atoms with Crippen LogP contribution in [-0.2, 0) is 11.2 Å². The zero-order valence-electron chi connectivity index (χ0n) is 11.1. The zero-order chi connectivity index (χ0) is 13.8. The molecular weight excluding hydrogens is 248 g/mol. The average Bonchev–Trinajstić information content (AvgIpc) is 2.51. The van der Waals surface area contributed by atoms with Crippen LogP contribution in [0.25, 0.3) is 0 Å². The van der Waals surface area contributed by atoms with Crippen LogP contribution in [0, 0.1) is 5.92 Å². The van der Waals surface area contributed by atoms with Crippen molar-refractivity contribution in [3.05, 3.63) is 71.8 Å². The molecule has 0 radical (unpaired) electrons. The number of nitrogens with one attached hydrogen (secondary N) is 1. The predicted molar refractivity (Wildman–Crippen MR) is 79.4 cm³/mol. The van der Waals surface area contributed by atoms with Gasteiger partial charge >= 0.3 is 0 Å². The van der Waals surface area contributed by atoms with Crippen molar-refractivity contribution in [2.45, 2.75) is 12.8 Å². The number of hydrogen-bond acceptors (Lipinski definition) is 2. The third-order valence-electron chi connectivity index (χ3n) is 3.54. The van der Waals surface area contributed by atoms with Gasteiger partial charge in [-0.15, -0.1) is 0 Å². The molecule has 0 bridgehead atoms. The van der Waals surface area contributed by atoms with E-state index in [-0.39, 0.29) is 11.8 Å². The monoisotopic (exact) mass is 264 g/mol. The fraction of sp³-hybridized carbons (Fsp3) is 0.176. The molecule has 0 saturated carbocycles. The summed E-state index contributed by atoms with van der Waals surface area (Å²) in [6.07, 6.45) is 1.43. The second-order valence-corrected chi connectivity index (χ2v) is 4.99. The Labute approximate surface area is 118 Å². The molecule has 1 aliphatic heterocycles. The molecule has 0 spiro atoms. The van der Waals surface area contributed by atoms with Gasteiger partial charge in [-0.3, -0.25) is 4.79 Å². The molecule has 1 heterocycles. The summed E-state index contributed by atoms with van der Waals surface area (Å²) in [5, 5.41) is 4.19. The highest BCUT2D eigenvalue weighted by atomic mass is 16.2. The third kappa shape index (κ3) is 2.77. The van der Waals surface area contributed by atoms with Gasteiger partial charge in [0.2, 0.25) is 5.91 Å². The number of carbonyl (C=O) groups is 1. The van der Waals surface area contributed by atoms with E-state index >= 15 is 0 Å². The van der Waals surface area contributed by atoms with Crippen LogP contribution >= 0.6 is 0 Å². The van der Waals surface area contributed by atoms with Crippen molar-refractivity contribution in [1.29, 1.82) is 0 Å². The Morgan fingerprint density at radius 1 is 1.00 bits per heavy atom. The number of benzene rings is 2. The molecule has 0 aromatic heterocycles. The number of hydrogen-bond donors (Lipinski definition) is 1. The van der Waals surface area contributed by atoms with Gasteiger partial charge in [0.05, 0.1) is 5.71 Å². The van der Waals surface area contributed by atoms with Crippen LogP contribution < -0.4 is 5.43 Å².